The minimum absolute atomic E-state index is 0.110. The van der Waals surface area contributed by atoms with Gasteiger partial charge in [-0.25, -0.2) is 4.98 Å². The predicted molar refractivity (Wildman–Crippen MR) is 131 cm³/mol. The van der Waals surface area contributed by atoms with E-state index in [4.69, 9.17) is 11.4 Å². The first-order valence-electron chi connectivity index (χ1n) is 12.1. The van der Waals surface area contributed by atoms with Gasteiger partial charge in [-0.2, -0.15) is 0 Å². The number of aryl methyl sites for hydroxylation is 1. The van der Waals surface area contributed by atoms with Crippen LogP contribution in [0, 0.1) is 40.9 Å². The average Bonchev–Trinajstić information content (AvgIpc) is 3.35. The van der Waals surface area contributed by atoms with Gasteiger partial charge in [0.1, 0.15) is 10.6 Å². The number of aromatic nitrogens is 1. The first-order chi connectivity index (χ1) is 15.7. The monoisotopic (exact) mass is 461 g/mol. The van der Waals surface area contributed by atoms with E-state index in [1.165, 1.54) is 16.5 Å². The van der Waals surface area contributed by atoms with Crippen molar-refractivity contribution in [1.82, 2.24) is 4.98 Å². The van der Waals surface area contributed by atoms with Crippen molar-refractivity contribution in [3.63, 3.8) is 0 Å². The predicted octanol–water partition coefficient (Wildman–Crippen LogP) is 5.77. The molecule has 0 bridgehead atoms. The van der Waals surface area contributed by atoms with Crippen LogP contribution in [0.15, 0.2) is 24.3 Å². The lowest BCUT2D eigenvalue weighted by Crippen LogP contribution is -2.53. The fourth-order valence-electron chi connectivity index (χ4n) is 7.91. The van der Waals surface area contributed by atoms with Crippen LogP contribution in [0.3, 0.4) is 0 Å². The second-order valence-electron chi connectivity index (χ2n) is 11.1. The van der Waals surface area contributed by atoms with Gasteiger partial charge in [-0.1, -0.05) is 25.8 Å². The lowest BCUT2D eigenvalue weighted by atomic mass is 9.47. The van der Waals surface area contributed by atoms with E-state index in [0.717, 1.165) is 61.2 Å². The van der Waals surface area contributed by atoms with Crippen LogP contribution in [0.25, 0.3) is 16.1 Å². The lowest BCUT2D eigenvalue weighted by molar-refractivity contribution is -0.0886. The highest BCUT2D eigenvalue weighted by molar-refractivity contribution is 7.16. The molecule has 33 heavy (non-hydrogen) atoms. The minimum Gasteiger partial charge on any atom is -0.504 e. The summed E-state index contributed by atoms with van der Waals surface area (Å²) in [5.74, 6) is 4.21. The Balaban J connectivity index is 1.38. The lowest BCUT2D eigenvalue weighted by Gasteiger charge is -2.57. The van der Waals surface area contributed by atoms with Crippen molar-refractivity contribution in [2.45, 2.75) is 64.4 Å². The molecule has 5 heteroatoms. The molecular weight excluding hydrogens is 430 g/mol. The first-order valence-corrected chi connectivity index (χ1v) is 12.9. The normalized spacial score (nSPS) is 39.0. The zero-order valence-corrected chi connectivity index (χ0v) is 20.1. The van der Waals surface area contributed by atoms with Crippen LogP contribution >= 0.6 is 11.3 Å². The molecule has 0 spiro atoms. The number of allylic oxidation sites excluding steroid dienone is 2. The zero-order valence-electron chi connectivity index (χ0n) is 19.3. The van der Waals surface area contributed by atoms with Gasteiger partial charge in [-0.3, -0.25) is 0 Å². The highest BCUT2D eigenvalue weighted by Gasteiger charge is 2.63. The van der Waals surface area contributed by atoms with Crippen molar-refractivity contribution in [2.75, 3.05) is 0 Å². The van der Waals surface area contributed by atoms with Crippen molar-refractivity contribution >= 4 is 16.9 Å². The topological polar surface area (TPSA) is 73.6 Å². The maximum Gasteiger partial charge on any atom is 0.158 e. The van der Waals surface area contributed by atoms with Gasteiger partial charge in [-0.15, -0.1) is 17.8 Å². The Hall–Kier alpha value is -2.29. The SMILES string of the molecule is C#C[C@]1(O)CC[C@H]2[C@@H]3CC=C4c5sc(-c6ccc(O)c(O)c6)nc5CC[C@]4(C)[C@H]3CC[C@@]21C. The van der Waals surface area contributed by atoms with E-state index in [-0.39, 0.29) is 22.3 Å². The number of benzene rings is 1. The highest BCUT2D eigenvalue weighted by Crippen LogP contribution is 2.68. The number of aliphatic hydroxyl groups is 1. The second kappa shape index (κ2) is 6.87. The van der Waals surface area contributed by atoms with E-state index in [1.807, 2.05) is 6.07 Å². The molecule has 0 unspecified atom stereocenters. The number of terminal acetylenes is 1. The van der Waals surface area contributed by atoms with Crippen molar-refractivity contribution < 1.29 is 15.3 Å². The van der Waals surface area contributed by atoms with Gasteiger partial charge < -0.3 is 15.3 Å². The van der Waals surface area contributed by atoms with E-state index in [2.05, 4.69) is 25.8 Å². The fraction of sp³-hybridized carbons (Fsp3) is 0.536. The van der Waals surface area contributed by atoms with Gasteiger partial charge in [0.05, 0.1) is 10.6 Å². The Morgan fingerprint density at radius 2 is 1.88 bits per heavy atom. The summed E-state index contributed by atoms with van der Waals surface area (Å²) < 4.78 is 0. The first kappa shape index (κ1) is 21.3. The number of phenols is 2. The number of aromatic hydroxyl groups is 2. The Labute approximate surface area is 199 Å². The number of hydrogen-bond donors (Lipinski definition) is 3. The largest absolute Gasteiger partial charge is 0.504 e. The molecule has 3 N–H and O–H groups in total. The Kier molecular flexibility index (Phi) is 4.42. The maximum atomic E-state index is 11.2. The maximum absolute atomic E-state index is 11.2. The quantitative estimate of drug-likeness (QED) is 0.372. The summed E-state index contributed by atoms with van der Waals surface area (Å²) in [4.78, 5) is 6.24. The van der Waals surface area contributed by atoms with Crippen LogP contribution in [0.4, 0.5) is 0 Å². The standard InChI is InChI=1S/C28H31NO3S/c1-4-28(32)14-10-19-17-6-7-20-24-21(11-12-26(20,2)18(17)9-13-27(19,28)3)29-25(33-24)16-5-8-22(30)23(31)15-16/h1,5,7-8,15,17-19,30-32H,6,9-14H2,2-3H3/t17-,18+,19+,26-,27+,28+/m1/s1. The van der Waals surface area contributed by atoms with Gasteiger partial charge in [0.25, 0.3) is 0 Å². The molecule has 1 heterocycles. The molecule has 0 saturated heterocycles. The number of hydrogen-bond acceptors (Lipinski definition) is 5. The highest BCUT2D eigenvalue weighted by atomic mass is 32.1. The molecule has 2 aromatic rings. The fourth-order valence-corrected chi connectivity index (χ4v) is 9.19. The average molecular weight is 462 g/mol. The molecule has 4 aliphatic carbocycles. The third-order valence-electron chi connectivity index (χ3n) is 9.90. The summed E-state index contributed by atoms with van der Waals surface area (Å²) in [6.45, 7) is 4.69. The van der Waals surface area contributed by atoms with Gasteiger partial charge in [0.2, 0.25) is 0 Å². The van der Waals surface area contributed by atoms with E-state index >= 15 is 0 Å². The molecule has 0 radical (unpaired) electrons. The summed E-state index contributed by atoms with van der Waals surface area (Å²) in [6.07, 6.45) is 15.3. The van der Waals surface area contributed by atoms with E-state index in [0.29, 0.717) is 17.8 Å². The second-order valence-corrected chi connectivity index (χ2v) is 12.1. The van der Waals surface area contributed by atoms with Crippen molar-refractivity contribution in [1.29, 1.82) is 0 Å². The Bertz CT molecular complexity index is 1220. The third-order valence-corrected chi connectivity index (χ3v) is 11.1. The molecule has 6 rings (SSSR count). The molecule has 0 amide bonds. The summed E-state index contributed by atoms with van der Waals surface area (Å²) in [5.41, 5.74) is 2.43. The third kappa shape index (κ3) is 2.71. The van der Waals surface area contributed by atoms with Crippen LogP contribution in [-0.2, 0) is 6.42 Å². The molecule has 172 valence electrons. The molecule has 4 nitrogen and oxygen atoms in total. The molecule has 2 saturated carbocycles. The van der Waals surface area contributed by atoms with Crippen LogP contribution in [0.2, 0.25) is 0 Å². The smallest absolute Gasteiger partial charge is 0.158 e. The molecule has 0 aliphatic heterocycles. The molecule has 4 aliphatic rings. The van der Waals surface area contributed by atoms with Crippen molar-refractivity contribution in [3.05, 3.63) is 34.8 Å². The van der Waals surface area contributed by atoms with E-state index in [9.17, 15) is 15.3 Å². The molecule has 1 aromatic carbocycles. The van der Waals surface area contributed by atoms with Crippen LogP contribution < -0.4 is 0 Å². The van der Waals surface area contributed by atoms with Gasteiger partial charge in [0.15, 0.2) is 11.5 Å². The number of phenolic OH excluding ortho intramolecular Hbond substituents is 2. The summed E-state index contributed by atoms with van der Waals surface area (Å²) in [7, 11) is 0. The van der Waals surface area contributed by atoms with Crippen LogP contribution in [-0.4, -0.2) is 25.9 Å². The van der Waals surface area contributed by atoms with Crippen LogP contribution in [0.1, 0.15) is 62.9 Å². The zero-order chi connectivity index (χ0) is 23.2. The molecule has 1 aromatic heterocycles. The number of rotatable bonds is 1. The summed E-state index contributed by atoms with van der Waals surface area (Å²) in [5, 5.41) is 31.8. The summed E-state index contributed by atoms with van der Waals surface area (Å²) in [6, 6.07) is 4.94. The van der Waals surface area contributed by atoms with Crippen LogP contribution in [0.5, 0.6) is 11.5 Å². The molecule has 2 fully saturated rings. The molecular formula is C28H31NO3S. The Morgan fingerprint density at radius 3 is 2.64 bits per heavy atom. The number of thiazole rings is 1. The van der Waals surface area contributed by atoms with Gasteiger partial charge in [-0.05, 0) is 91.9 Å². The number of nitrogens with zero attached hydrogens (tertiary/aromatic N) is 1. The van der Waals surface area contributed by atoms with Crippen molar-refractivity contribution in [3.8, 4) is 34.4 Å². The van der Waals surface area contributed by atoms with Gasteiger partial charge >= 0.3 is 0 Å². The minimum atomic E-state index is -0.963. The van der Waals surface area contributed by atoms with E-state index < -0.39 is 5.60 Å². The van der Waals surface area contributed by atoms with E-state index in [1.54, 1.807) is 17.4 Å². The Morgan fingerprint density at radius 1 is 1.09 bits per heavy atom. The number of fused-ring (bicyclic) bond motifs is 7. The summed E-state index contributed by atoms with van der Waals surface area (Å²) >= 11 is 1.71. The van der Waals surface area contributed by atoms with Crippen molar-refractivity contribution in [2.24, 2.45) is 28.6 Å². The van der Waals surface area contributed by atoms with Gasteiger partial charge in [0, 0.05) is 11.0 Å². The molecule has 6 atom stereocenters.